The van der Waals surface area contributed by atoms with Crippen LogP contribution in [0, 0.1) is 5.92 Å². The fraction of sp³-hybridized carbons (Fsp3) is 0.467. The monoisotopic (exact) mass is 244 g/mol. The average Bonchev–Trinajstić information content (AvgIpc) is 2.40. The van der Waals surface area contributed by atoms with Gasteiger partial charge in [0.15, 0.2) is 0 Å². The Labute approximate surface area is 109 Å². The van der Waals surface area contributed by atoms with E-state index in [9.17, 15) is 4.79 Å². The van der Waals surface area contributed by atoms with Crippen LogP contribution in [0.2, 0.25) is 0 Å². The molecule has 0 aliphatic carbocycles. The third-order valence-corrected chi connectivity index (χ3v) is 3.37. The van der Waals surface area contributed by atoms with E-state index in [1.54, 1.807) is 6.92 Å². The van der Waals surface area contributed by atoms with Gasteiger partial charge in [0.25, 0.3) is 0 Å². The van der Waals surface area contributed by atoms with Crippen LogP contribution < -0.4 is 0 Å². The first kappa shape index (κ1) is 12.8. The lowest BCUT2D eigenvalue weighted by molar-refractivity contribution is -0.130. The summed E-state index contributed by atoms with van der Waals surface area (Å²) in [5.41, 5.74) is 1.14. The zero-order chi connectivity index (χ0) is 12.8. The molecule has 0 spiro atoms. The molecule has 1 aliphatic rings. The van der Waals surface area contributed by atoms with Gasteiger partial charge in [-0.05, 0) is 24.3 Å². The molecule has 0 N–H and O–H groups in total. The van der Waals surface area contributed by atoms with Crippen LogP contribution in [0.4, 0.5) is 0 Å². The Morgan fingerprint density at radius 2 is 2.22 bits per heavy atom. The van der Waals surface area contributed by atoms with Crippen molar-refractivity contribution in [3.05, 3.63) is 35.9 Å². The minimum absolute atomic E-state index is 0.187. The Morgan fingerprint density at radius 3 is 2.94 bits per heavy atom. The van der Waals surface area contributed by atoms with E-state index in [-0.39, 0.29) is 5.91 Å². The number of carbonyl (C=O) groups is 1. The van der Waals surface area contributed by atoms with Crippen LogP contribution in [-0.4, -0.2) is 36.7 Å². The second-order valence-corrected chi connectivity index (χ2v) is 4.88. The van der Waals surface area contributed by atoms with Crippen LogP contribution in [-0.2, 0) is 4.79 Å². The number of carbonyl (C=O) groups excluding carboxylic acids is 1. The Hall–Kier alpha value is -1.64. The highest BCUT2D eigenvalue weighted by Gasteiger charge is 2.20. The van der Waals surface area contributed by atoms with E-state index in [2.05, 4.69) is 4.99 Å². The fourth-order valence-corrected chi connectivity index (χ4v) is 2.35. The maximum absolute atomic E-state index is 11.3. The number of hydrogen-bond acceptors (Lipinski definition) is 2. The van der Waals surface area contributed by atoms with Crippen molar-refractivity contribution in [2.75, 3.05) is 19.6 Å². The Bertz CT molecular complexity index is 414. The molecule has 1 fully saturated rings. The van der Waals surface area contributed by atoms with Gasteiger partial charge in [0.05, 0.1) is 0 Å². The molecular formula is C15H20N2O. The van der Waals surface area contributed by atoms with Crippen molar-refractivity contribution in [1.82, 2.24) is 4.90 Å². The summed E-state index contributed by atoms with van der Waals surface area (Å²) in [6.45, 7) is 4.24. The highest BCUT2D eigenvalue weighted by atomic mass is 16.2. The molecule has 2 rings (SSSR count). The lowest BCUT2D eigenvalue weighted by Crippen LogP contribution is -2.39. The van der Waals surface area contributed by atoms with Crippen molar-refractivity contribution < 1.29 is 4.79 Å². The number of piperidine rings is 1. The Kier molecular flexibility index (Phi) is 4.51. The summed E-state index contributed by atoms with van der Waals surface area (Å²) >= 11 is 0. The third-order valence-electron chi connectivity index (χ3n) is 3.37. The molecule has 1 atom stereocenters. The summed E-state index contributed by atoms with van der Waals surface area (Å²) in [5.74, 6) is 0.703. The SMILES string of the molecule is CC(=O)N1CCCC(CN=Cc2ccccc2)C1. The van der Waals surface area contributed by atoms with E-state index in [4.69, 9.17) is 0 Å². The number of amides is 1. The van der Waals surface area contributed by atoms with Gasteiger partial charge in [0, 0.05) is 32.8 Å². The lowest BCUT2D eigenvalue weighted by atomic mass is 9.98. The molecule has 1 unspecified atom stereocenters. The number of benzene rings is 1. The summed E-state index contributed by atoms with van der Waals surface area (Å²) in [7, 11) is 0. The first-order chi connectivity index (χ1) is 8.75. The molecule has 1 amide bonds. The van der Waals surface area contributed by atoms with Crippen molar-refractivity contribution in [1.29, 1.82) is 0 Å². The van der Waals surface area contributed by atoms with Gasteiger partial charge >= 0.3 is 0 Å². The molecular weight excluding hydrogens is 224 g/mol. The van der Waals surface area contributed by atoms with Crippen LogP contribution in [0.15, 0.2) is 35.3 Å². The quantitative estimate of drug-likeness (QED) is 0.751. The summed E-state index contributed by atoms with van der Waals surface area (Å²) < 4.78 is 0. The van der Waals surface area contributed by atoms with Gasteiger partial charge in [-0.25, -0.2) is 0 Å². The molecule has 0 aromatic heterocycles. The fourth-order valence-electron chi connectivity index (χ4n) is 2.35. The standard InChI is InChI=1S/C15H20N2O/c1-13(18)17-9-5-8-15(12-17)11-16-10-14-6-3-2-4-7-14/h2-4,6-7,10,15H,5,8-9,11-12H2,1H3. The van der Waals surface area contributed by atoms with E-state index in [0.717, 1.165) is 31.6 Å². The average molecular weight is 244 g/mol. The second kappa shape index (κ2) is 6.34. The Balaban J connectivity index is 1.83. The highest BCUT2D eigenvalue weighted by Crippen LogP contribution is 2.16. The van der Waals surface area contributed by atoms with Gasteiger partial charge in [-0.3, -0.25) is 9.79 Å². The van der Waals surface area contributed by atoms with E-state index < -0.39 is 0 Å². The van der Waals surface area contributed by atoms with Crippen molar-refractivity contribution in [2.24, 2.45) is 10.9 Å². The van der Waals surface area contributed by atoms with Crippen molar-refractivity contribution in [3.63, 3.8) is 0 Å². The maximum atomic E-state index is 11.3. The zero-order valence-electron chi connectivity index (χ0n) is 10.9. The predicted molar refractivity (Wildman–Crippen MR) is 73.9 cm³/mol. The molecule has 3 heteroatoms. The van der Waals surface area contributed by atoms with Gasteiger partial charge in [-0.2, -0.15) is 0 Å². The number of aliphatic imine (C=N–C) groups is 1. The molecule has 0 bridgehead atoms. The van der Waals surface area contributed by atoms with Crippen molar-refractivity contribution in [2.45, 2.75) is 19.8 Å². The van der Waals surface area contributed by atoms with Crippen LogP contribution in [0.25, 0.3) is 0 Å². The number of nitrogens with zero attached hydrogens (tertiary/aromatic N) is 2. The van der Waals surface area contributed by atoms with Gasteiger partial charge in [-0.15, -0.1) is 0 Å². The van der Waals surface area contributed by atoms with Crippen LogP contribution in [0.5, 0.6) is 0 Å². The summed E-state index contributed by atoms with van der Waals surface area (Å²) in [6, 6.07) is 10.1. The van der Waals surface area contributed by atoms with Crippen LogP contribution >= 0.6 is 0 Å². The normalized spacial score (nSPS) is 20.3. The summed E-state index contributed by atoms with van der Waals surface area (Å²) in [6.07, 6.45) is 4.20. The maximum Gasteiger partial charge on any atom is 0.219 e. The van der Waals surface area contributed by atoms with Crippen molar-refractivity contribution in [3.8, 4) is 0 Å². The van der Waals surface area contributed by atoms with E-state index in [1.807, 2.05) is 41.4 Å². The summed E-state index contributed by atoms with van der Waals surface area (Å²) in [5, 5.41) is 0. The van der Waals surface area contributed by atoms with Gasteiger partial charge in [-0.1, -0.05) is 30.3 Å². The smallest absolute Gasteiger partial charge is 0.219 e. The molecule has 1 aromatic carbocycles. The van der Waals surface area contributed by atoms with Crippen LogP contribution in [0.3, 0.4) is 0 Å². The molecule has 1 aliphatic heterocycles. The number of rotatable bonds is 3. The molecule has 96 valence electrons. The van der Waals surface area contributed by atoms with Gasteiger partial charge < -0.3 is 4.90 Å². The van der Waals surface area contributed by atoms with E-state index in [0.29, 0.717) is 5.92 Å². The first-order valence-corrected chi connectivity index (χ1v) is 6.56. The van der Waals surface area contributed by atoms with Gasteiger partial charge in [0.1, 0.15) is 0 Å². The predicted octanol–water partition coefficient (Wildman–Crippen LogP) is 2.36. The van der Waals surface area contributed by atoms with Crippen LogP contribution in [0.1, 0.15) is 25.3 Å². The van der Waals surface area contributed by atoms with E-state index in [1.165, 1.54) is 6.42 Å². The van der Waals surface area contributed by atoms with Gasteiger partial charge in [0.2, 0.25) is 5.91 Å². The summed E-state index contributed by atoms with van der Waals surface area (Å²) in [4.78, 5) is 17.8. The molecule has 0 saturated carbocycles. The molecule has 18 heavy (non-hydrogen) atoms. The third kappa shape index (κ3) is 3.69. The first-order valence-electron chi connectivity index (χ1n) is 6.56. The number of likely N-dealkylation sites (tertiary alicyclic amines) is 1. The molecule has 1 heterocycles. The number of hydrogen-bond donors (Lipinski definition) is 0. The topological polar surface area (TPSA) is 32.7 Å². The Morgan fingerprint density at radius 1 is 1.44 bits per heavy atom. The molecule has 3 nitrogen and oxygen atoms in total. The zero-order valence-corrected chi connectivity index (χ0v) is 10.9. The minimum atomic E-state index is 0.187. The molecule has 1 saturated heterocycles. The molecule has 0 radical (unpaired) electrons. The minimum Gasteiger partial charge on any atom is -0.343 e. The lowest BCUT2D eigenvalue weighted by Gasteiger charge is -2.31. The highest BCUT2D eigenvalue weighted by molar-refractivity contribution is 5.79. The largest absolute Gasteiger partial charge is 0.343 e. The van der Waals surface area contributed by atoms with E-state index >= 15 is 0 Å². The molecule has 1 aromatic rings. The second-order valence-electron chi connectivity index (χ2n) is 4.88. The van der Waals surface area contributed by atoms with Crippen molar-refractivity contribution >= 4 is 12.1 Å².